The fraction of sp³-hybridized carbons (Fsp3) is 0.118. The van der Waals surface area contributed by atoms with Gasteiger partial charge in [-0.3, -0.25) is 19.2 Å². The number of ether oxygens (including phenoxy) is 3. The van der Waals surface area contributed by atoms with E-state index in [0.717, 1.165) is 22.3 Å². The summed E-state index contributed by atoms with van der Waals surface area (Å²) in [7, 11) is 3.11. The molecule has 0 spiro atoms. The molecular weight excluding hydrogens is 972 g/mol. The summed E-state index contributed by atoms with van der Waals surface area (Å²) < 4.78 is 17.9. The second-order valence-corrected chi connectivity index (χ2v) is 16.4. The van der Waals surface area contributed by atoms with Crippen LogP contribution in [0.25, 0.3) is 33.3 Å². The van der Waals surface area contributed by atoms with Crippen LogP contribution in [0.1, 0.15) is 76.0 Å². The minimum Gasteiger partial charge on any atom is -0.478 e. The Labute approximate surface area is 419 Å². The standard InChI is InChI=1S/C28H25ClN4O7.C23H17ClN4O4/c1-4-38-28(37)40-16(2)39-27(36)21-14-20(9-10-23(21)29)32(3)26(35)19-11-12-33-24(13-19)22(15-31-33)17-5-7-18(8-6-17)25(30)34;1-27(16-6-7-19(24)17(11-16)23(31)32)22(30)15-8-9-28-20(10-15)18(12-26-28)13-2-4-14(5-3-13)21(25)29/h5-16H,4H2,1-3H3,(H2,30,34);2-12H,1H3,(H2,25,29)(H,31,32). The van der Waals surface area contributed by atoms with Crippen molar-refractivity contribution in [3.63, 3.8) is 0 Å². The molecule has 19 nitrogen and oxygen atoms in total. The Hall–Kier alpha value is -9.07. The number of nitrogens with two attached hydrogens (primary N) is 2. The molecule has 0 fully saturated rings. The number of nitrogens with zero attached hydrogens (tertiary/aromatic N) is 6. The zero-order valence-corrected chi connectivity index (χ0v) is 40.1. The van der Waals surface area contributed by atoms with Crippen LogP contribution in [-0.2, 0) is 14.2 Å². The highest BCUT2D eigenvalue weighted by molar-refractivity contribution is 6.34. The molecule has 0 bridgehead atoms. The van der Waals surface area contributed by atoms with Crippen LogP contribution in [0.2, 0.25) is 10.0 Å². The number of fused-ring (bicyclic) bond motifs is 2. The van der Waals surface area contributed by atoms with Gasteiger partial charge < -0.3 is 40.6 Å². The number of pyridine rings is 2. The fourth-order valence-corrected chi connectivity index (χ4v) is 7.60. The molecule has 366 valence electrons. The maximum Gasteiger partial charge on any atom is 0.511 e. The summed E-state index contributed by atoms with van der Waals surface area (Å²) in [4.78, 5) is 87.5. The average molecular weight is 1010 g/mol. The fourth-order valence-electron chi connectivity index (χ4n) is 7.21. The lowest BCUT2D eigenvalue weighted by molar-refractivity contribution is -0.0811. The van der Waals surface area contributed by atoms with E-state index in [1.165, 1.54) is 41.0 Å². The summed E-state index contributed by atoms with van der Waals surface area (Å²) in [5.41, 5.74) is 17.3. The number of rotatable bonds is 13. The largest absolute Gasteiger partial charge is 0.511 e. The van der Waals surface area contributed by atoms with Crippen LogP contribution in [0.5, 0.6) is 0 Å². The molecular formula is C51H42Cl2N8O11. The molecule has 0 aliphatic carbocycles. The number of carboxylic acid groups (broad SMARTS) is 1. The van der Waals surface area contributed by atoms with Gasteiger partial charge in [-0.1, -0.05) is 47.5 Å². The summed E-state index contributed by atoms with van der Waals surface area (Å²) in [6.45, 7) is 3.07. The third-order valence-electron chi connectivity index (χ3n) is 11.0. The monoisotopic (exact) mass is 1010 g/mol. The van der Waals surface area contributed by atoms with E-state index in [2.05, 4.69) is 14.9 Å². The molecule has 21 heteroatoms. The molecule has 0 radical (unpaired) electrons. The SMILES string of the molecule is CCOC(=O)OC(C)OC(=O)c1cc(N(C)C(=O)c2ccn3ncc(-c4ccc(C(N)=O)cc4)c3c2)ccc1Cl.CN(C(=O)c1ccn2ncc(-c3ccc(C(N)=O)cc3)c2c1)c1ccc(Cl)c(C(=O)O)c1. The van der Waals surface area contributed by atoms with Gasteiger partial charge in [0.05, 0.1) is 51.2 Å². The number of anilines is 2. The number of halogens is 2. The number of hydrogen-bond acceptors (Lipinski definition) is 12. The molecule has 8 aromatic rings. The molecule has 0 aliphatic heterocycles. The van der Waals surface area contributed by atoms with E-state index in [-0.39, 0.29) is 39.6 Å². The van der Waals surface area contributed by atoms with E-state index < -0.39 is 36.2 Å². The van der Waals surface area contributed by atoms with E-state index in [4.69, 9.17) is 44.1 Å². The topological polar surface area (TPSA) is 261 Å². The number of primary amides is 2. The maximum absolute atomic E-state index is 13.4. The maximum atomic E-state index is 13.4. The van der Waals surface area contributed by atoms with Crippen LogP contribution in [0.15, 0.2) is 134 Å². The van der Waals surface area contributed by atoms with Gasteiger partial charge in [-0.05, 0) is 103 Å². The quantitative estimate of drug-likeness (QED) is 0.0724. The molecule has 0 aliphatic rings. The predicted molar refractivity (Wildman–Crippen MR) is 267 cm³/mol. The van der Waals surface area contributed by atoms with Crippen molar-refractivity contribution in [2.45, 2.75) is 20.1 Å². The molecule has 0 saturated carbocycles. The average Bonchev–Trinajstić information content (AvgIpc) is 4.00. The van der Waals surface area contributed by atoms with Crippen LogP contribution in [-0.4, -0.2) is 93.0 Å². The van der Waals surface area contributed by atoms with Crippen molar-refractivity contribution in [2.75, 3.05) is 30.5 Å². The third-order valence-corrected chi connectivity index (χ3v) is 11.7. The molecule has 4 aromatic carbocycles. The van der Waals surface area contributed by atoms with Crippen molar-refractivity contribution >= 4 is 87.3 Å². The molecule has 0 saturated heterocycles. The van der Waals surface area contributed by atoms with Crippen molar-refractivity contribution in [1.82, 2.24) is 19.2 Å². The lowest BCUT2D eigenvalue weighted by Crippen LogP contribution is -2.27. The molecule has 1 atom stereocenters. The summed E-state index contributed by atoms with van der Waals surface area (Å²) in [6.07, 6.45) is 4.46. The first-order valence-corrected chi connectivity index (χ1v) is 22.3. The number of aromatic nitrogens is 4. The molecule has 4 aromatic heterocycles. The highest BCUT2D eigenvalue weighted by Gasteiger charge is 2.23. The van der Waals surface area contributed by atoms with Gasteiger partial charge in [-0.25, -0.2) is 23.4 Å². The van der Waals surface area contributed by atoms with E-state index in [1.807, 2.05) is 0 Å². The first-order valence-electron chi connectivity index (χ1n) is 21.5. The van der Waals surface area contributed by atoms with Crippen LogP contribution in [0.3, 0.4) is 0 Å². The molecule has 72 heavy (non-hydrogen) atoms. The number of esters is 1. The van der Waals surface area contributed by atoms with Crippen LogP contribution < -0.4 is 21.3 Å². The van der Waals surface area contributed by atoms with Crippen molar-refractivity contribution in [3.05, 3.63) is 177 Å². The Bertz CT molecular complexity index is 3430. The highest BCUT2D eigenvalue weighted by atomic mass is 35.5. The molecule has 8 rings (SSSR count). The number of benzene rings is 4. The van der Waals surface area contributed by atoms with Gasteiger partial charge in [0.25, 0.3) is 11.8 Å². The van der Waals surface area contributed by atoms with Crippen LogP contribution in [0, 0.1) is 0 Å². The summed E-state index contributed by atoms with van der Waals surface area (Å²) >= 11 is 12.1. The van der Waals surface area contributed by atoms with Gasteiger partial charge in [0, 0.05) is 78.2 Å². The lowest BCUT2D eigenvalue weighted by Gasteiger charge is -2.19. The van der Waals surface area contributed by atoms with Crippen LogP contribution >= 0.6 is 23.2 Å². The Kier molecular flexibility index (Phi) is 15.3. The molecule has 4 heterocycles. The number of aromatic carboxylic acids is 1. The lowest BCUT2D eigenvalue weighted by atomic mass is 10.0. The minimum atomic E-state index is -1.23. The number of hydrogen-bond donors (Lipinski definition) is 3. The highest BCUT2D eigenvalue weighted by Crippen LogP contribution is 2.30. The Morgan fingerprint density at radius 3 is 1.46 bits per heavy atom. The van der Waals surface area contributed by atoms with Crippen molar-refractivity contribution in [3.8, 4) is 22.3 Å². The van der Waals surface area contributed by atoms with E-state index >= 15 is 0 Å². The number of carbonyl (C=O) groups excluding carboxylic acids is 6. The van der Waals surface area contributed by atoms with Gasteiger partial charge in [-0.15, -0.1) is 0 Å². The van der Waals surface area contributed by atoms with Gasteiger partial charge in [0.15, 0.2) is 0 Å². The zero-order valence-electron chi connectivity index (χ0n) is 38.6. The van der Waals surface area contributed by atoms with Crippen molar-refractivity contribution in [1.29, 1.82) is 0 Å². The summed E-state index contributed by atoms with van der Waals surface area (Å²) in [6, 6.07) is 29.0. The molecule has 5 N–H and O–H groups in total. The van der Waals surface area contributed by atoms with E-state index in [0.29, 0.717) is 44.7 Å². The van der Waals surface area contributed by atoms with E-state index in [9.17, 15) is 38.7 Å². The second kappa shape index (κ2) is 21.7. The van der Waals surface area contributed by atoms with E-state index in [1.54, 1.807) is 140 Å². The normalized spacial score (nSPS) is 11.2. The van der Waals surface area contributed by atoms with Gasteiger partial charge in [0.1, 0.15) is 0 Å². The molecule has 4 amide bonds. The predicted octanol–water partition coefficient (Wildman–Crippen LogP) is 8.43. The zero-order chi connectivity index (χ0) is 52.0. The number of carbonyl (C=O) groups is 7. The Balaban J connectivity index is 0.000000216. The first-order chi connectivity index (χ1) is 34.3. The Morgan fingerprint density at radius 2 is 1.04 bits per heavy atom. The Morgan fingerprint density at radius 1 is 0.611 bits per heavy atom. The smallest absolute Gasteiger partial charge is 0.478 e. The summed E-state index contributed by atoms with van der Waals surface area (Å²) in [5, 5.41) is 18.1. The number of amides is 4. The van der Waals surface area contributed by atoms with Gasteiger partial charge >= 0.3 is 18.1 Å². The second-order valence-electron chi connectivity index (χ2n) is 15.6. The van der Waals surface area contributed by atoms with Crippen molar-refractivity contribution < 1.29 is 52.9 Å². The van der Waals surface area contributed by atoms with Crippen LogP contribution in [0.4, 0.5) is 16.2 Å². The van der Waals surface area contributed by atoms with Crippen molar-refractivity contribution in [2.24, 2.45) is 11.5 Å². The first kappa shape index (κ1) is 50.8. The third kappa shape index (κ3) is 11.2. The minimum absolute atomic E-state index is 0.0222. The van der Waals surface area contributed by atoms with Gasteiger partial charge in [0.2, 0.25) is 18.1 Å². The number of carboxylic acids is 1. The van der Waals surface area contributed by atoms with Gasteiger partial charge in [-0.2, -0.15) is 10.2 Å². The molecule has 1 unspecified atom stereocenters. The summed E-state index contributed by atoms with van der Waals surface area (Å²) in [5.74, 6) is -3.76.